The molecule has 1 atom stereocenters. The van der Waals surface area contributed by atoms with E-state index in [0.717, 1.165) is 0 Å². The molecule has 0 aliphatic carbocycles. The van der Waals surface area contributed by atoms with E-state index in [1.807, 2.05) is 0 Å². The summed E-state index contributed by atoms with van der Waals surface area (Å²) in [5.41, 5.74) is 0.893. The zero-order valence-electron chi connectivity index (χ0n) is 12.8. The molecule has 5 nitrogen and oxygen atoms in total. The second-order valence-corrected chi connectivity index (χ2v) is 4.96. The van der Waals surface area contributed by atoms with Gasteiger partial charge in [0, 0.05) is 18.3 Å². The molecule has 1 heterocycles. The quantitative estimate of drug-likeness (QED) is 0.876. The number of nitrogens with one attached hydrogen (secondary N) is 2. The highest BCUT2D eigenvalue weighted by Crippen LogP contribution is 2.26. The van der Waals surface area contributed by atoms with Crippen LogP contribution in [-0.2, 0) is 6.54 Å². The van der Waals surface area contributed by atoms with Crippen LogP contribution in [0.15, 0.2) is 48.7 Å². The van der Waals surface area contributed by atoms with Gasteiger partial charge in [-0.25, -0.2) is 4.79 Å². The van der Waals surface area contributed by atoms with Crippen molar-refractivity contribution in [3.63, 3.8) is 0 Å². The van der Waals surface area contributed by atoms with E-state index in [4.69, 9.17) is 0 Å². The van der Waals surface area contributed by atoms with Crippen LogP contribution in [-0.4, -0.2) is 17.4 Å². The Morgan fingerprint density at radius 2 is 1.92 bits per heavy atom. The molecular formula is C16H16F3N3O2. The van der Waals surface area contributed by atoms with Crippen LogP contribution in [0.4, 0.5) is 18.0 Å². The molecule has 8 heteroatoms. The van der Waals surface area contributed by atoms with Crippen molar-refractivity contribution in [2.75, 3.05) is 0 Å². The van der Waals surface area contributed by atoms with Crippen molar-refractivity contribution < 1.29 is 22.7 Å². The minimum absolute atomic E-state index is 0.104. The van der Waals surface area contributed by atoms with E-state index in [9.17, 15) is 18.0 Å². The standard InChI is InChI=1S/C16H16F3N3O2/c1-11(13-7-4-5-9-20-13)22-15(23)21-10-12-6-2-3-8-14(12)24-16(17,18)19/h2-9,11H,10H2,1H3,(H2,21,22,23). The van der Waals surface area contributed by atoms with Crippen molar-refractivity contribution >= 4 is 6.03 Å². The first-order valence-electron chi connectivity index (χ1n) is 7.14. The number of ether oxygens (including phenoxy) is 1. The first-order valence-corrected chi connectivity index (χ1v) is 7.14. The Kier molecular flexibility index (Phi) is 5.62. The molecular weight excluding hydrogens is 323 g/mol. The number of aromatic nitrogens is 1. The molecule has 0 spiro atoms. The first kappa shape index (κ1) is 17.6. The molecule has 2 N–H and O–H groups in total. The molecule has 2 aromatic rings. The molecule has 1 unspecified atom stereocenters. The lowest BCUT2D eigenvalue weighted by molar-refractivity contribution is -0.274. The third-order valence-electron chi connectivity index (χ3n) is 3.12. The number of nitrogens with zero attached hydrogens (tertiary/aromatic N) is 1. The highest BCUT2D eigenvalue weighted by molar-refractivity contribution is 5.74. The fourth-order valence-electron chi connectivity index (χ4n) is 2.00. The lowest BCUT2D eigenvalue weighted by atomic mass is 10.2. The smallest absolute Gasteiger partial charge is 0.405 e. The number of benzene rings is 1. The summed E-state index contributed by atoms with van der Waals surface area (Å²) in [4.78, 5) is 16.0. The van der Waals surface area contributed by atoms with E-state index in [2.05, 4.69) is 20.4 Å². The fourth-order valence-corrected chi connectivity index (χ4v) is 2.00. The van der Waals surface area contributed by atoms with Crippen molar-refractivity contribution in [3.05, 3.63) is 59.9 Å². The second-order valence-electron chi connectivity index (χ2n) is 4.96. The van der Waals surface area contributed by atoms with Gasteiger partial charge < -0.3 is 15.4 Å². The van der Waals surface area contributed by atoms with Gasteiger partial charge in [0.05, 0.1) is 11.7 Å². The number of urea groups is 1. The van der Waals surface area contributed by atoms with E-state index < -0.39 is 12.4 Å². The van der Waals surface area contributed by atoms with Gasteiger partial charge in [-0.1, -0.05) is 24.3 Å². The predicted molar refractivity (Wildman–Crippen MR) is 81.1 cm³/mol. The normalized spacial score (nSPS) is 12.3. The number of amides is 2. The molecule has 2 amide bonds. The Labute approximate surface area is 136 Å². The number of carbonyl (C=O) groups excluding carboxylic acids is 1. The molecule has 0 saturated carbocycles. The van der Waals surface area contributed by atoms with Crippen LogP contribution < -0.4 is 15.4 Å². The number of rotatable bonds is 5. The van der Waals surface area contributed by atoms with Crippen LogP contribution >= 0.6 is 0 Å². The lowest BCUT2D eigenvalue weighted by Crippen LogP contribution is -2.37. The van der Waals surface area contributed by atoms with Gasteiger partial charge in [0.25, 0.3) is 0 Å². The molecule has 0 saturated heterocycles. The van der Waals surface area contributed by atoms with Gasteiger partial charge >= 0.3 is 12.4 Å². The van der Waals surface area contributed by atoms with Gasteiger partial charge in [-0.2, -0.15) is 0 Å². The number of carbonyl (C=O) groups is 1. The maximum Gasteiger partial charge on any atom is 0.573 e. The summed E-state index contributed by atoms with van der Waals surface area (Å²) in [6.45, 7) is 1.65. The first-order chi connectivity index (χ1) is 11.3. The summed E-state index contributed by atoms with van der Waals surface area (Å²) in [5.74, 6) is -0.344. The largest absolute Gasteiger partial charge is 0.573 e. The average molecular weight is 339 g/mol. The Balaban J connectivity index is 1.92. The summed E-state index contributed by atoms with van der Waals surface area (Å²) in [6, 6.07) is 10.1. The highest BCUT2D eigenvalue weighted by atomic mass is 19.4. The molecule has 0 aliphatic rings. The van der Waals surface area contributed by atoms with Gasteiger partial charge in [0.15, 0.2) is 0 Å². The van der Waals surface area contributed by atoms with Crippen LogP contribution in [0.3, 0.4) is 0 Å². The Bertz CT molecular complexity index is 678. The number of alkyl halides is 3. The van der Waals surface area contributed by atoms with Crippen molar-refractivity contribution in [1.29, 1.82) is 0 Å². The van der Waals surface area contributed by atoms with E-state index in [1.165, 1.54) is 18.2 Å². The molecule has 0 fully saturated rings. The summed E-state index contributed by atoms with van der Waals surface area (Å²) >= 11 is 0. The molecule has 2 rings (SSSR count). The lowest BCUT2D eigenvalue weighted by Gasteiger charge is -2.16. The van der Waals surface area contributed by atoms with Gasteiger partial charge in [-0.05, 0) is 25.1 Å². The van der Waals surface area contributed by atoms with E-state index in [1.54, 1.807) is 37.4 Å². The van der Waals surface area contributed by atoms with Crippen LogP contribution in [0.5, 0.6) is 5.75 Å². The van der Waals surface area contributed by atoms with Crippen LogP contribution in [0, 0.1) is 0 Å². The zero-order valence-corrected chi connectivity index (χ0v) is 12.8. The van der Waals surface area contributed by atoms with Crippen molar-refractivity contribution in [2.45, 2.75) is 25.9 Å². The summed E-state index contributed by atoms with van der Waals surface area (Å²) in [7, 11) is 0. The third-order valence-corrected chi connectivity index (χ3v) is 3.12. The summed E-state index contributed by atoms with van der Waals surface area (Å²) < 4.78 is 41.0. The molecule has 1 aromatic heterocycles. The average Bonchev–Trinajstić information content (AvgIpc) is 2.53. The number of hydrogen-bond donors (Lipinski definition) is 2. The molecule has 0 radical (unpaired) electrons. The molecule has 128 valence electrons. The molecule has 0 bridgehead atoms. The van der Waals surface area contributed by atoms with Crippen molar-refractivity contribution in [3.8, 4) is 5.75 Å². The van der Waals surface area contributed by atoms with Gasteiger partial charge in [-0.15, -0.1) is 13.2 Å². The highest BCUT2D eigenvalue weighted by Gasteiger charge is 2.31. The van der Waals surface area contributed by atoms with E-state index in [0.29, 0.717) is 5.69 Å². The number of halogens is 3. The maximum atomic E-state index is 12.4. The maximum absolute atomic E-state index is 12.4. The van der Waals surface area contributed by atoms with Crippen molar-refractivity contribution in [2.24, 2.45) is 0 Å². The van der Waals surface area contributed by atoms with E-state index >= 15 is 0 Å². The number of hydrogen-bond acceptors (Lipinski definition) is 3. The Hall–Kier alpha value is -2.77. The molecule has 0 aliphatic heterocycles. The molecule has 1 aromatic carbocycles. The van der Waals surface area contributed by atoms with Crippen LogP contribution in [0.2, 0.25) is 0 Å². The second kappa shape index (κ2) is 7.67. The van der Waals surface area contributed by atoms with Crippen molar-refractivity contribution in [1.82, 2.24) is 15.6 Å². The topological polar surface area (TPSA) is 63.2 Å². The number of para-hydroxylation sites is 1. The van der Waals surface area contributed by atoms with Gasteiger partial charge in [0.1, 0.15) is 5.75 Å². The third kappa shape index (κ3) is 5.45. The minimum atomic E-state index is -4.79. The van der Waals surface area contributed by atoms with Gasteiger partial charge in [-0.3, -0.25) is 4.98 Å². The monoisotopic (exact) mass is 339 g/mol. The zero-order chi connectivity index (χ0) is 17.6. The minimum Gasteiger partial charge on any atom is -0.405 e. The Morgan fingerprint density at radius 3 is 2.58 bits per heavy atom. The van der Waals surface area contributed by atoms with E-state index in [-0.39, 0.29) is 23.9 Å². The van der Waals surface area contributed by atoms with Crippen LogP contribution in [0.1, 0.15) is 24.2 Å². The predicted octanol–water partition coefficient (Wildman–Crippen LogP) is 3.54. The SMILES string of the molecule is CC(NC(=O)NCc1ccccc1OC(F)(F)F)c1ccccn1. The fraction of sp³-hybridized carbons (Fsp3) is 0.250. The van der Waals surface area contributed by atoms with Crippen LogP contribution in [0.25, 0.3) is 0 Å². The Morgan fingerprint density at radius 1 is 1.21 bits per heavy atom. The molecule has 24 heavy (non-hydrogen) atoms. The summed E-state index contributed by atoms with van der Waals surface area (Å²) in [6.07, 6.45) is -3.18. The van der Waals surface area contributed by atoms with Gasteiger partial charge in [0.2, 0.25) is 0 Å². The summed E-state index contributed by atoms with van der Waals surface area (Å²) in [5, 5.41) is 5.16. The number of pyridine rings is 1.